The molecule has 0 saturated carbocycles. The number of carbonyl (C=O) groups is 4. The molecule has 2 heterocycles. The van der Waals surface area contributed by atoms with E-state index in [0.29, 0.717) is 16.7 Å². The summed E-state index contributed by atoms with van der Waals surface area (Å²) in [7, 11) is -3.10. The fourth-order valence-corrected chi connectivity index (χ4v) is 8.30. The van der Waals surface area contributed by atoms with Gasteiger partial charge in [0.1, 0.15) is 11.2 Å². The van der Waals surface area contributed by atoms with Crippen molar-refractivity contribution in [1.82, 2.24) is 4.90 Å². The van der Waals surface area contributed by atoms with E-state index in [0.717, 1.165) is 53.1 Å². The molecule has 258 valence electrons. The van der Waals surface area contributed by atoms with Gasteiger partial charge in [0, 0.05) is 12.7 Å². The molecule has 2 N–H and O–H groups in total. The number of sulfonamides is 1. The largest absolute Gasteiger partial charge is 0.508 e. The molecular formula is C36H30F3N3O7S. The fourth-order valence-electron chi connectivity index (χ4n) is 6.69. The Labute approximate surface area is 285 Å². The molecule has 2 aliphatic rings. The molecule has 1 unspecified atom stereocenters. The summed E-state index contributed by atoms with van der Waals surface area (Å²) >= 11 is 0. The number of nitrogens with one attached hydrogen (secondary N) is 1. The molecule has 6 rings (SSSR count). The summed E-state index contributed by atoms with van der Waals surface area (Å²) in [4.78, 5) is 54.4. The van der Waals surface area contributed by atoms with Crippen LogP contribution in [0.5, 0.6) is 5.75 Å². The number of carbonyl (C=O) groups excluding carboxylic acids is 4. The van der Waals surface area contributed by atoms with Crippen molar-refractivity contribution >= 4 is 45.0 Å². The number of hydrogen-bond acceptors (Lipinski definition) is 7. The van der Waals surface area contributed by atoms with Gasteiger partial charge in [-0.15, -0.1) is 0 Å². The molecule has 50 heavy (non-hydrogen) atoms. The molecule has 1 atom stereocenters. The molecule has 4 aromatic carbocycles. The van der Waals surface area contributed by atoms with Crippen LogP contribution in [0.25, 0.3) is 0 Å². The third-order valence-electron chi connectivity index (χ3n) is 9.83. The highest BCUT2D eigenvalue weighted by Gasteiger charge is 2.55. The molecule has 2 aliphatic heterocycles. The average molecular weight is 706 g/mol. The van der Waals surface area contributed by atoms with Gasteiger partial charge in [0.15, 0.2) is 0 Å². The molecule has 14 heteroatoms. The highest BCUT2D eigenvalue weighted by molar-refractivity contribution is 7.92. The number of benzene rings is 4. The van der Waals surface area contributed by atoms with Crippen molar-refractivity contribution in [2.75, 3.05) is 16.7 Å². The van der Waals surface area contributed by atoms with Gasteiger partial charge in [0.25, 0.3) is 33.7 Å². The van der Waals surface area contributed by atoms with E-state index in [1.54, 1.807) is 20.8 Å². The third kappa shape index (κ3) is 4.88. The predicted octanol–water partition coefficient (Wildman–Crippen LogP) is 6.32. The first-order chi connectivity index (χ1) is 23.2. The van der Waals surface area contributed by atoms with Crippen LogP contribution in [-0.4, -0.2) is 55.3 Å². The molecular weight excluding hydrogens is 675 g/mol. The second-order valence-electron chi connectivity index (χ2n) is 12.6. The van der Waals surface area contributed by atoms with E-state index in [4.69, 9.17) is 0 Å². The van der Waals surface area contributed by atoms with Crippen molar-refractivity contribution in [3.8, 4) is 5.75 Å². The number of imide groups is 2. The van der Waals surface area contributed by atoms with Crippen LogP contribution in [0.3, 0.4) is 0 Å². The van der Waals surface area contributed by atoms with Gasteiger partial charge in [-0.25, -0.2) is 13.3 Å². The lowest BCUT2D eigenvalue weighted by atomic mass is 9.74. The lowest BCUT2D eigenvalue weighted by Gasteiger charge is -2.33. The van der Waals surface area contributed by atoms with Gasteiger partial charge in [0.2, 0.25) is 0 Å². The Morgan fingerprint density at radius 1 is 0.660 bits per heavy atom. The lowest BCUT2D eigenvalue weighted by Crippen LogP contribution is -2.41. The number of phenols is 1. The summed E-state index contributed by atoms with van der Waals surface area (Å²) in [6.07, 6.45) is -4.96. The average Bonchev–Trinajstić information content (AvgIpc) is 3.43. The molecule has 10 nitrogen and oxygen atoms in total. The number of aromatic hydroxyl groups is 1. The van der Waals surface area contributed by atoms with Crippen molar-refractivity contribution in [3.05, 3.63) is 116 Å². The first-order valence-electron chi connectivity index (χ1n) is 15.2. The Hall–Kier alpha value is -5.50. The minimum Gasteiger partial charge on any atom is -0.508 e. The first-order valence-corrected chi connectivity index (χ1v) is 16.7. The molecule has 0 aromatic heterocycles. The lowest BCUT2D eigenvalue weighted by molar-refractivity contribution is -0.173. The number of hydrogen-bond donors (Lipinski definition) is 2. The third-order valence-corrected chi connectivity index (χ3v) is 11.5. The Balaban J connectivity index is 1.46. The van der Waals surface area contributed by atoms with E-state index in [1.165, 1.54) is 38.2 Å². The van der Waals surface area contributed by atoms with Crippen molar-refractivity contribution in [2.45, 2.75) is 51.1 Å². The van der Waals surface area contributed by atoms with Gasteiger partial charge in [-0.05, 0) is 117 Å². The first kappa shape index (κ1) is 34.4. The standard InChI is InChI=1S/C36H30F3N3O7S/c1-17-18(2)29(20(4)30(19(17)3)50(48,49)40-23-9-11-24(43)12-10-23)42-33(46)26-14-8-22(16-28(26)34(42)47)35(5,36(37,38)39)21-7-13-25-27(15-21)32(45)41(6)31(25)44/h7-16,40,43H,1-6H3. The van der Waals surface area contributed by atoms with Crippen LogP contribution >= 0.6 is 0 Å². The SMILES string of the molecule is Cc1c(C)c(N2C(=O)c3ccc(C(C)(c4ccc5c(c4)C(=O)N(C)C5=O)C(F)(F)F)cc3C2=O)c(C)c(S(=O)(=O)Nc2ccc(O)cc2)c1C. The number of amides is 4. The topological polar surface area (TPSA) is 141 Å². The van der Waals surface area contributed by atoms with Crippen LogP contribution in [0.4, 0.5) is 24.5 Å². The number of halogens is 3. The molecule has 0 spiro atoms. The summed E-state index contributed by atoms with van der Waals surface area (Å²) in [6, 6.07) is 11.8. The van der Waals surface area contributed by atoms with Crippen LogP contribution in [0.2, 0.25) is 0 Å². The van der Waals surface area contributed by atoms with E-state index in [9.17, 15) is 32.7 Å². The van der Waals surface area contributed by atoms with Crippen LogP contribution in [0.1, 0.15) is 81.7 Å². The molecule has 0 radical (unpaired) electrons. The van der Waals surface area contributed by atoms with Gasteiger partial charge >= 0.3 is 6.18 Å². The molecule has 0 aliphatic carbocycles. The van der Waals surface area contributed by atoms with Gasteiger partial charge in [-0.1, -0.05) is 12.1 Å². The second kappa shape index (κ2) is 11.3. The Morgan fingerprint density at radius 2 is 1.14 bits per heavy atom. The van der Waals surface area contributed by atoms with E-state index in [-0.39, 0.29) is 55.4 Å². The summed E-state index contributed by atoms with van der Waals surface area (Å²) in [5, 5.41) is 9.60. The van der Waals surface area contributed by atoms with Crippen molar-refractivity contribution in [3.63, 3.8) is 0 Å². The highest BCUT2D eigenvalue weighted by Crippen LogP contribution is 2.48. The smallest absolute Gasteiger partial charge is 0.402 e. The molecule has 0 bridgehead atoms. The predicted molar refractivity (Wildman–Crippen MR) is 177 cm³/mol. The fraction of sp³-hybridized carbons (Fsp3) is 0.222. The molecule has 0 fully saturated rings. The van der Waals surface area contributed by atoms with Crippen molar-refractivity contribution in [1.29, 1.82) is 0 Å². The zero-order valence-corrected chi connectivity index (χ0v) is 28.4. The van der Waals surface area contributed by atoms with Gasteiger partial charge in [0.05, 0.1) is 32.8 Å². The second-order valence-corrected chi connectivity index (χ2v) is 14.2. The Morgan fingerprint density at radius 3 is 1.68 bits per heavy atom. The van der Waals surface area contributed by atoms with Crippen LogP contribution in [-0.2, 0) is 15.4 Å². The highest BCUT2D eigenvalue weighted by atomic mass is 32.2. The Kier molecular flexibility index (Phi) is 7.75. The van der Waals surface area contributed by atoms with Gasteiger partial charge in [-0.2, -0.15) is 13.2 Å². The van der Waals surface area contributed by atoms with Crippen LogP contribution in [0.15, 0.2) is 65.6 Å². The van der Waals surface area contributed by atoms with Gasteiger partial charge in [-0.3, -0.25) is 28.8 Å². The monoisotopic (exact) mass is 705 g/mol. The maximum Gasteiger partial charge on any atom is 0.402 e. The van der Waals surface area contributed by atoms with E-state index in [1.807, 2.05) is 0 Å². The summed E-state index contributed by atoms with van der Waals surface area (Å²) in [5.41, 5.74) is -2.82. The molecule has 4 amide bonds. The zero-order valence-electron chi connectivity index (χ0n) is 27.6. The van der Waals surface area contributed by atoms with Gasteiger partial charge < -0.3 is 5.11 Å². The van der Waals surface area contributed by atoms with Crippen molar-refractivity contribution < 1.29 is 45.9 Å². The van der Waals surface area contributed by atoms with E-state index in [2.05, 4.69) is 4.72 Å². The number of anilines is 2. The van der Waals surface area contributed by atoms with E-state index >= 15 is 13.2 Å². The van der Waals surface area contributed by atoms with Crippen molar-refractivity contribution in [2.24, 2.45) is 0 Å². The summed E-state index contributed by atoms with van der Waals surface area (Å²) in [5.74, 6) is -3.27. The summed E-state index contributed by atoms with van der Waals surface area (Å²) < 4.78 is 75.1. The normalized spacial score (nSPS) is 15.8. The van der Waals surface area contributed by atoms with E-state index < -0.39 is 50.8 Å². The number of rotatable bonds is 6. The maximum atomic E-state index is 15.1. The Bertz CT molecular complexity index is 2320. The minimum absolute atomic E-state index is 0.0172. The molecule has 0 saturated heterocycles. The number of alkyl halides is 3. The van der Waals surface area contributed by atoms with Crippen LogP contribution in [0, 0.1) is 27.7 Å². The number of nitrogens with zero attached hydrogens (tertiary/aromatic N) is 2. The quantitative estimate of drug-likeness (QED) is 0.177. The summed E-state index contributed by atoms with van der Waals surface area (Å²) in [6.45, 7) is 7.15. The zero-order chi connectivity index (χ0) is 36.8. The molecule has 4 aromatic rings. The number of fused-ring (bicyclic) bond motifs is 2. The number of phenolic OH excluding ortho intramolecular Hbond substituents is 1. The maximum absolute atomic E-state index is 15.1. The minimum atomic E-state index is -4.96. The van der Waals surface area contributed by atoms with Crippen LogP contribution < -0.4 is 9.62 Å².